The molecule has 0 amide bonds. The van der Waals surface area contributed by atoms with E-state index in [-0.39, 0.29) is 12.2 Å². The van der Waals surface area contributed by atoms with Crippen LogP contribution in [0.5, 0.6) is 0 Å². The topological polar surface area (TPSA) is 97.5 Å². The highest BCUT2D eigenvalue weighted by molar-refractivity contribution is 7.91. The molecule has 0 saturated carbocycles. The lowest BCUT2D eigenvalue weighted by Crippen LogP contribution is -2.56. The molecule has 0 aromatic rings. The molecule has 0 unspecified atom stereocenters. The van der Waals surface area contributed by atoms with Crippen molar-refractivity contribution >= 4 is 15.8 Å². The Bertz CT molecular complexity index is 297. The summed E-state index contributed by atoms with van der Waals surface area (Å²) in [7, 11) is -3.24. The summed E-state index contributed by atoms with van der Waals surface area (Å²) in [4.78, 5) is 10.6. The van der Waals surface area contributed by atoms with Gasteiger partial charge in [0.15, 0.2) is 9.84 Å². The van der Waals surface area contributed by atoms with E-state index in [1.807, 2.05) is 0 Å². The van der Waals surface area contributed by atoms with Crippen LogP contribution in [0.15, 0.2) is 0 Å². The van der Waals surface area contributed by atoms with Crippen molar-refractivity contribution in [3.63, 3.8) is 0 Å². The van der Waals surface area contributed by atoms with Crippen molar-refractivity contribution in [2.45, 2.75) is 18.4 Å². The summed E-state index contributed by atoms with van der Waals surface area (Å²) in [6.07, 6.45) is 0.576. The summed E-state index contributed by atoms with van der Waals surface area (Å²) >= 11 is 0. The SMILES string of the molecule is N[C@]1(C(=O)O)CCCS(=O)(=O)C1. The fourth-order valence-electron chi connectivity index (χ4n) is 1.31. The maximum atomic E-state index is 11.0. The zero-order valence-electron chi connectivity index (χ0n) is 6.49. The van der Waals surface area contributed by atoms with Gasteiger partial charge in [-0.05, 0) is 12.8 Å². The van der Waals surface area contributed by atoms with Crippen LogP contribution < -0.4 is 5.73 Å². The summed E-state index contributed by atoms with van der Waals surface area (Å²) in [6.45, 7) is 0. The molecule has 0 aromatic heterocycles. The van der Waals surface area contributed by atoms with Crippen molar-refractivity contribution in [3.8, 4) is 0 Å². The van der Waals surface area contributed by atoms with Gasteiger partial charge in [-0.2, -0.15) is 0 Å². The van der Waals surface area contributed by atoms with Crippen LogP contribution in [0.3, 0.4) is 0 Å². The fourth-order valence-corrected chi connectivity index (χ4v) is 3.09. The highest BCUT2D eigenvalue weighted by atomic mass is 32.2. The van der Waals surface area contributed by atoms with Crippen LogP contribution in [0.25, 0.3) is 0 Å². The zero-order valence-corrected chi connectivity index (χ0v) is 7.30. The van der Waals surface area contributed by atoms with Gasteiger partial charge in [-0.25, -0.2) is 8.42 Å². The predicted molar refractivity (Wildman–Crippen MR) is 42.4 cm³/mol. The first-order valence-corrected chi connectivity index (χ1v) is 5.41. The molecule has 5 nitrogen and oxygen atoms in total. The van der Waals surface area contributed by atoms with Crippen LogP contribution in [0.2, 0.25) is 0 Å². The van der Waals surface area contributed by atoms with E-state index in [0.29, 0.717) is 6.42 Å². The van der Waals surface area contributed by atoms with E-state index in [0.717, 1.165) is 0 Å². The van der Waals surface area contributed by atoms with Crippen molar-refractivity contribution in [2.75, 3.05) is 11.5 Å². The van der Waals surface area contributed by atoms with Gasteiger partial charge in [0, 0.05) is 0 Å². The Kier molecular flexibility index (Phi) is 2.13. The third-order valence-corrected chi connectivity index (χ3v) is 3.85. The van der Waals surface area contributed by atoms with E-state index in [2.05, 4.69) is 0 Å². The molecule has 1 rings (SSSR count). The molecular formula is C6H11NO4S. The first kappa shape index (κ1) is 9.47. The minimum atomic E-state index is -3.24. The van der Waals surface area contributed by atoms with Crippen LogP contribution >= 0.6 is 0 Å². The molecule has 1 fully saturated rings. The van der Waals surface area contributed by atoms with Crippen molar-refractivity contribution in [1.29, 1.82) is 0 Å². The second-order valence-electron chi connectivity index (χ2n) is 3.16. The van der Waals surface area contributed by atoms with Crippen LogP contribution in [0, 0.1) is 0 Å². The highest BCUT2D eigenvalue weighted by Crippen LogP contribution is 2.20. The molecule has 70 valence electrons. The van der Waals surface area contributed by atoms with E-state index in [9.17, 15) is 13.2 Å². The van der Waals surface area contributed by atoms with Gasteiger partial charge in [0.1, 0.15) is 5.54 Å². The Labute approximate surface area is 70.5 Å². The summed E-state index contributed by atoms with van der Waals surface area (Å²) in [5.41, 5.74) is 3.84. The highest BCUT2D eigenvalue weighted by Gasteiger charge is 2.41. The fraction of sp³-hybridized carbons (Fsp3) is 0.833. The number of nitrogens with two attached hydrogens (primary N) is 1. The number of carbonyl (C=O) groups is 1. The van der Waals surface area contributed by atoms with E-state index in [4.69, 9.17) is 10.8 Å². The standard InChI is InChI=1S/C6H11NO4S/c7-6(5(8)9)2-1-3-12(10,11)4-6/h1-4,7H2,(H,8,9)/t6-/m1/s1. The lowest BCUT2D eigenvalue weighted by atomic mass is 9.97. The Balaban J connectivity index is 2.89. The summed E-state index contributed by atoms with van der Waals surface area (Å²) in [5, 5.41) is 8.64. The summed E-state index contributed by atoms with van der Waals surface area (Å²) in [5.74, 6) is -1.61. The second kappa shape index (κ2) is 2.70. The molecule has 3 N–H and O–H groups in total. The lowest BCUT2D eigenvalue weighted by molar-refractivity contribution is -0.142. The molecule has 1 atom stereocenters. The number of rotatable bonds is 1. The van der Waals surface area contributed by atoms with Crippen LogP contribution in [0.1, 0.15) is 12.8 Å². The molecule has 0 spiro atoms. The molecule has 0 bridgehead atoms. The first-order valence-electron chi connectivity index (χ1n) is 3.58. The van der Waals surface area contributed by atoms with Crippen molar-refractivity contribution in [3.05, 3.63) is 0 Å². The van der Waals surface area contributed by atoms with Gasteiger partial charge in [-0.1, -0.05) is 0 Å². The first-order chi connectivity index (χ1) is 5.36. The van der Waals surface area contributed by atoms with E-state index in [1.165, 1.54) is 0 Å². The number of sulfone groups is 1. The van der Waals surface area contributed by atoms with Crippen LogP contribution in [0.4, 0.5) is 0 Å². The quantitative estimate of drug-likeness (QED) is 0.555. The van der Waals surface area contributed by atoms with Crippen LogP contribution in [-0.2, 0) is 14.6 Å². The molecule has 0 radical (unpaired) electrons. The Morgan fingerprint density at radius 1 is 1.50 bits per heavy atom. The minimum Gasteiger partial charge on any atom is -0.480 e. The third-order valence-electron chi connectivity index (χ3n) is 1.98. The average Bonchev–Trinajstić information content (AvgIpc) is 1.83. The molecule has 1 saturated heterocycles. The van der Waals surface area contributed by atoms with Gasteiger partial charge >= 0.3 is 5.97 Å². The van der Waals surface area contributed by atoms with Crippen molar-refractivity contribution in [1.82, 2.24) is 0 Å². The largest absolute Gasteiger partial charge is 0.480 e. The molecule has 12 heavy (non-hydrogen) atoms. The smallest absolute Gasteiger partial charge is 0.324 e. The summed E-state index contributed by atoms with van der Waals surface area (Å²) in [6, 6.07) is 0. The van der Waals surface area contributed by atoms with Crippen molar-refractivity contribution < 1.29 is 18.3 Å². The van der Waals surface area contributed by atoms with Gasteiger partial charge in [-0.3, -0.25) is 4.79 Å². The molecular weight excluding hydrogens is 182 g/mol. The van der Waals surface area contributed by atoms with Gasteiger partial charge in [0.25, 0.3) is 0 Å². The predicted octanol–water partition coefficient (Wildman–Crippen LogP) is -1.02. The number of carboxylic acids is 1. The van der Waals surface area contributed by atoms with Crippen LogP contribution in [-0.4, -0.2) is 36.5 Å². The second-order valence-corrected chi connectivity index (χ2v) is 5.34. The Hall–Kier alpha value is -0.620. The molecule has 1 heterocycles. The van der Waals surface area contributed by atoms with E-state index in [1.54, 1.807) is 0 Å². The van der Waals surface area contributed by atoms with E-state index < -0.39 is 27.1 Å². The zero-order chi connectivity index (χ0) is 9.41. The molecule has 1 aliphatic heterocycles. The third kappa shape index (κ3) is 1.75. The Morgan fingerprint density at radius 2 is 2.08 bits per heavy atom. The normalized spacial score (nSPS) is 34.4. The number of hydrogen-bond donors (Lipinski definition) is 2. The van der Waals surface area contributed by atoms with Gasteiger partial charge in [0.05, 0.1) is 11.5 Å². The molecule has 1 aliphatic rings. The van der Waals surface area contributed by atoms with Gasteiger partial charge in [-0.15, -0.1) is 0 Å². The monoisotopic (exact) mass is 193 g/mol. The molecule has 6 heteroatoms. The van der Waals surface area contributed by atoms with E-state index >= 15 is 0 Å². The Morgan fingerprint density at radius 3 is 2.42 bits per heavy atom. The summed E-state index contributed by atoms with van der Waals surface area (Å²) < 4.78 is 22.1. The number of aliphatic carboxylic acids is 1. The number of carboxylic acid groups (broad SMARTS) is 1. The maximum absolute atomic E-state index is 11.0. The molecule has 0 aromatic carbocycles. The average molecular weight is 193 g/mol. The number of hydrogen-bond acceptors (Lipinski definition) is 4. The lowest BCUT2D eigenvalue weighted by Gasteiger charge is -2.28. The van der Waals surface area contributed by atoms with Crippen molar-refractivity contribution in [2.24, 2.45) is 5.73 Å². The minimum absolute atomic E-state index is 0.0548. The van der Waals surface area contributed by atoms with Gasteiger partial charge in [0.2, 0.25) is 0 Å². The molecule has 0 aliphatic carbocycles. The maximum Gasteiger partial charge on any atom is 0.324 e. The van der Waals surface area contributed by atoms with Gasteiger partial charge < -0.3 is 10.8 Å².